The van der Waals surface area contributed by atoms with Crippen LogP contribution in [0.3, 0.4) is 0 Å². The lowest BCUT2D eigenvalue weighted by Crippen LogP contribution is -2.46. The van der Waals surface area contributed by atoms with Gasteiger partial charge in [0.25, 0.3) is 0 Å². The van der Waals surface area contributed by atoms with Gasteiger partial charge in [0.15, 0.2) is 0 Å². The molecule has 2 aromatic carbocycles. The van der Waals surface area contributed by atoms with E-state index in [1.54, 1.807) is 24.3 Å². The summed E-state index contributed by atoms with van der Waals surface area (Å²) in [6, 6.07) is 14.6. The highest BCUT2D eigenvalue weighted by Gasteiger charge is 2.39. The van der Waals surface area contributed by atoms with E-state index in [2.05, 4.69) is 13.8 Å². The molecule has 2 aromatic rings. The summed E-state index contributed by atoms with van der Waals surface area (Å²) < 4.78 is 21.5. The number of esters is 2. The quantitative estimate of drug-likeness (QED) is 0.450. The molecule has 2 aliphatic rings. The van der Waals surface area contributed by atoms with Crippen LogP contribution in [0.1, 0.15) is 61.3 Å². The molecule has 34 heavy (non-hydrogen) atoms. The standard InChI is InChI=1S/C26H30O6.C2H6/c1-3-25(13-29-14-25)17-31-23(27)21-9-5-19(6-10-21)20-7-11-22(12-8-20)24(28)32-18-26(4-2)15-30-16-26;1-2/h5-12H,3-4,13-18H2,1-2H3;1-2H3. The molecule has 0 aromatic heterocycles. The van der Waals surface area contributed by atoms with Crippen molar-refractivity contribution in [2.45, 2.75) is 40.5 Å². The van der Waals surface area contributed by atoms with Crippen molar-refractivity contribution < 1.29 is 28.5 Å². The number of hydrogen-bond donors (Lipinski definition) is 0. The third-order valence-electron chi connectivity index (χ3n) is 6.73. The molecule has 184 valence electrons. The Hall–Kier alpha value is -2.70. The van der Waals surface area contributed by atoms with Crippen molar-refractivity contribution in [1.29, 1.82) is 0 Å². The molecule has 2 aliphatic heterocycles. The topological polar surface area (TPSA) is 71.1 Å². The molecule has 2 fully saturated rings. The van der Waals surface area contributed by atoms with Crippen LogP contribution in [0.15, 0.2) is 48.5 Å². The lowest BCUT2D eigenvalue weighted by molar-refractivity contribution is -0.140. The van der Waals surface area contributed by atoms with Crippen LogP contribution in [0.25, 0.3) is 11.1 Å². The van der Waals surface area contributed by atoms with Gasteiger partial charge in [0, 0.05) is 0 Å². The van der Waals surface area contributed by atoms with E-state index in [-0.39, 0.29) is 22.8 Å². The highest BCUT2D eigenvalue weighted by molar-refractivity contribution is 5.91. The molecule has 0 N–H and O–H groups in total. The van der Waals surface area contributed by atoms with E-state index in [1.807, 2.05) is 38.1 Å². The summed E-state index contributed by atoms with van der Waals surface area (Å²) >= 11 is 0. The molecule has 0 radical (unpaired) electrons. The Morgan fingerprint density at radius 1 is 0.676 bits per heavy atom. The fourth-order valence-corrected chi connectivity index (χ4v) is 3.76. The maximum atomic E-state index is 12.4. The van der Waals surface area contributed by atoms with E-state index in [0.29, 0.717) is 50.8 Å². The highest BCUT2D eigenvalue weighted by Crippen LogP contribution is 2.32. The fourth-order valence-electron chi connectivity index (χ4n) is 3.76. The summed E-state index contributed by atoms with van der Waals surface area (Å²) in [5, 5.41) is 0. The van der Waals surface area contributed by atoms with Crippen LogP contribution in [0.5, 0.6) is 0 Å². The van der Waals surface area contributed by atoms with Crippen LogP contribution >= 0.6 is 0 Å². The Kier molecular flexibility index (Phi) is 8.86. The molecule has 2 saturated heterocycles. The summed E-state index contributed by atoms with van der Waals surface area (Å²) in [5.41, 5.74) is 2.89. The maximum Gasteiger partial charge on any atom is 0.338 e. The molecular formula is C28H36O6. The van der Waals surface area contributed by atoms with Crippen molar-refractivity contribution >= 4 is 11.9 Å². The number of rotatable bonds is 9. The predicted molar refractivity (Wildman–Crippen MR) is 131 cm³/mol. The molecule has 0 bridgehead atoms. The van der Waals surface area contributed by atoms with Gasteiger partial charge in [0.05, 0.1) is 48.4 Å². The average Bonchev–Trinajstić information content (AvgIpc) is 2.84. The first-order chi connectivity index (χ1) is 16.5. The number of benzene rings is 2. The first kappa shape index (κ1) is 25.9. The van der Waals surface area contributed by atoms with Gasteiger partial charge in [-0.3, -0.25) is 0 Å². The molecule has 0 saturated carbocycles. The summed E-state index contributed by atoms with van der Waals surface area (Å²) in [6.07, 6.45) is 1.85. The van der Waals surface area contributed by atoms with E-state index in [9.17, 15) is 9.59 Å². The zero-order valence-corrected chi connectivity index (χ0v) is 20.7. The van der Waals surface area contributed by atoms with Crippen LogP contribution in [-0.4, -0.2) is 51.6 Å². The molecule has 0 spiro atoms. The third kappa shape index (κ3) is 5.86. The number of hydrogen-bond acceptors (Lipinski definition) is 6. The largest absolute Gasteiger partial charge is 0.461 e. The second-order valence-electron chi connectivity index (χ2n) is 9.00. The van der Waals surface area contributed by atoms with Gasteiger partial charge in [-0.25, -0.2) is 9.59 Å². The van der Waals surface area contributed by atoms with E-state index < -0.39 is 0 Å². The van der Waals surface area contributed by atoms with Crippen LogP contribution in [0.2, 0.25) is 0 Å². The molecule has 2 heterocycles. The van der Waals surface area contributed by atoms with Gasteiger partial charge in [-0.2, -0.15) is 0 Å². The molecule has 6 nitrogen and oxygen atoms in total. The first-order valence-electron chi connectivity index (χ1n) is 12.2. The summed E-state index contributed by atoms with van der Waals surface area (Å²) in [7, 11) is 0. The summed E-state index contributed by atoms with van der Waals surface area (Å²) in [4.78, 5) is 24.7. The first-order valence-corrected chi connectivity index (χ1v) is 12.2. The van der Waals surface area contributed by atoms with Crippen molar-refractivity contribution in [1.82, 2.24) is 0 Å². The molecule has 0 aliphatic carbocycles. The van der Waals surface area contributed by atoms with E-state index >= 15 is 0 Å². The third-order valence-corrected chi connectivity index (χ3v) is 6.73. The molecule has 0 unspecified atom stereocenters. The Labute approximate surface area is 202 Å². The van der Waals surface area contributed by atoms with Gasteiger partial charge >= 0.3 is 11.9 Å². The molecule has 0 atom stereocenters. The summed E-state index contributed by atoms with van der Waals surface area (Å²) in [6.45, 7) is 11.5. The second-order valence-corrected chi connectivity index (χ2v) is 9.00. The normalized spacial score (nSPS) is 17.3. The predicted octanol–water partition coefficient (Wildman–Crippen LogP) is 5.55. The Morgan fingerprint density at radius 3 is 1.24 bits per heavy atom. The fraction of sp³-hybridized carbons (Fsp3) is 0.500. The minimum absolute atomic E-state index is 0.0265. The number of carbonyl (C=O) groups is 2. The maximum absolute atomic E-state index is 12.4. The van der Waals surface area contributed by atoms with Crippen LogP contribution in [0, 0.1) is 10.8 Å². The zero-order valence-electron chi connectivity index (χ0n) is 20.7. The van der Waals surface area contributed by atoms with Gasteiger partial charge in [0.1, 0.15) is 13.2 Å². The van der Waals surface area contributed by atoms with Gasteiger partial charge in [-0.05, 0) is 48.2 Å². The van der Waals surface area contributed by atoms with Gasteiger partial charge in [0.2, 0.25) is 0 Å². The number of ether oxygens (including phenoxy) is 4. The van der Waals surface area contributed by atoms with Crippen LogP contribution in [-0.2, 0) is 18.9 Å². The zero-order chi connectivity index (χ0) is 24.6. The van der Waals surface area contributed by atoms with Crippen molar-refractivity contribution in [3.05, 3.63) is 59.7 Å². The van der Waals surface area contributed by atoms with E-state index in [0.717, 1.165) is 24.0 Å². The molecule has 6 heteroatoms. The van der Waals surface area contributed by atoms with Crippen molar-refractivity contribution in [2.24, 2.45) is 10.8 Å². The average molecular weight is 469 g/mol. The molecular weight excluding hydrogens is 432 g/mol. The smallest absolute Gasteiger partial charge is 0.338 e. The summed E-state index contributed by atoms with van der Waals surface area (Å²) in [5.74, 6) is -0.646. The lowest BCUT2D eigenvalue weighted by Gasteiger charge is -2.39. The molecule has 4 rings (SSSR count). The monoisotopic (exact) mass is 468 g/mol. The van der Waals surface area contributed by atoms with Crippen molar-refractivity contribution in [2.75, 3.05) is 39.6 Å². The minimum Gasteiger partial charge on any atom is -0.461 e. The SMILES string of the molecule is CC.CCC1(COC(=O)c2ccc(-c3ccc(C(=O)OCC4(CC)COC4)cc3)cc2)COC1. The second kappa shape index (κ2) is 11.6. The molecule has 0 amide bonds. The van der Waals surface area contributed by atoms with E-state index in [1.165, 1.54) is 0 Å². The van der Waals surface area contributed by atoms with Gasteiger partial charge < -0.3 is 18.9 Å². The Bertz CT molecular complexity index is 849. The Morgan fingerprint density at radius 2 is 1.00 bits per heavy atom. The van der Waals surface area contributed by atoms with Crippen molar-refractivity contribution in [3.63, 3.8) is 0 Å². The number of carbonyl (C=O) groups excluding carboxylic acids is 2. The highest BCUT2D eigenvalue weighted by atomic mass is 16.6. The minimum atomic E-state index is -0.323. The van der Waals surface area contributed by atoms with E-state index in [4.69, 9.17) is 18.9 Å². The van der Waals surface area contributed by atoms with Crippen LogP contribution < -0.4 is 0 Å². The van der Waals surface area contributed by atoms with Crippen molar-refractivity contribution in [3.8, 4) is 11.1 Å². The van der Waals surface area contributed by atoms with Crippen LogP contribution in [0.4, 0.5) is 0 Å². The van der Waals surface area contributed by atoms with Gasteiger partial charge in [-0.1, -0.05) is 52.0 Å². The van der Waals surface area contributed by atoms with Gasteiger partial charge in [-0.15, -0.1) is 0 Å². The Balaban J connectivity index is 0.00000158. The lowest BCUT2D eigenvalue weighted by atomic mass is 9.84.